The summed E-state index contributed by atoms with van der Waals surface area (Å²) in [4.78, 5) is 77.6. The van der Waals surface area contributed by atoms with Crippen LogP contribution in [0.3, 0.4) is 0 Å². The maximum atomic E-state index is 13.9. The van der Waals surface area contributed by atoms with Crippen LogP contribution in [0.15, 0.2) is 34.6 Å². The third kappa shape index (κ3) is 11.4. The molecule has 1 aliphatic heterocycles. The van der Waals surface area contributed by atoms with Crippen molar-refractivity contribution in [1.29, 1.82) is 0 Å². The highest BCUT2D eigenvalue weighted by molar-refractivity contribution is 7.14. The predicted molar refractivity (Wildman–Crippen MR) is 202 cm³/mol. The number of piperazine rings is 1. The summed E-state index contributed by atoms with van der Waals surface area (Å²) < 4.78 is 12.0. The van der Waals surface area contributed by atoms with Crippen molar-refractivity contribution in [1.82, 2.24) is 24.6 Å². The fraction of sp³-hybridized carbons (Fsp3) is 0.541. The standard InChI is InChI=1S/C37H51N7O7S/c1-35(2,3)26-23-52-33(39-26)41-31(47)24-15-17-44-27(22-24)40-30(25(32(44)48)13-14-29(46)50-36(4,5)6)43-20-18-42(19-21-43)28(45)12-10-11-16-38-34(49)51-37(7,8)9/h13-15,17,22-23H,10-12,16,18-21H2,1-9H3,(H,38,49)(H,39,41,47). The Kier molecular flexibility index (Phi) is 12.5. The summed E-state index contributed by atoms with van der Waals surface area (Å²) in [6, 6.07) is 3.07. The number of hydrogen-bond donors (Lipinski definition) is 2. The topological polar surface area (TPSA) is 165 Å². The van der Waals surface area contributed by atoms with E-state index in [2.05, 4.69) is 15.6 Å². The number of unbranched alkanes of at least 4 members (excludes halogenated alkanes) is 1. The molecule has 3 aromatic rings. The number of nitrogens with zero attached hydrogens (tertiary/aromatic N) is 5. The maximum absolute atomic E-state index is 13.9. The Bertz CT molecular complexity index is 1870. The highest BCUT2D eigenvalue weighted by Crippen LogP contribution is 2.27. The first-order valence-corrected chi connectivity index (χ1v) is 18.3. The smallest absolute Gasteiger partial charge is 0.407 e. The third-order valence-corrected chi connectivity index (χ3v) is 8.57. The van der Waals surface area contributed by atoms with Crippen LogP contribution in [0.2, 0.25) is 0 Å². The second-order valence-electron chi connectivity index (χ2n) is 15.7. The molecule has 0 atom stereocenters. The summed E-state index contributed by atoms with van der Waals surface area (Å²) in [6.07, 6.45) is 5.18. The van der Waals surface area contributed by atoms with Crippen LogP contribution >= 0.6 is 11.3 Å². The molecule has 0 unspecified atom stereocenters. The molecule has 4 rings (SSSR count). The Labute approximate surface area is 308 Å². The summed E-state index contributed by atoms with van der Waals surface area (Å²) in [6.45, 7) is 18.8. The zero-order chi connectivity index (χ0) is 38.4. The molecule has 3 amide bonds. The molecule has 1 aliphatic rings. The second-order valence-corrected chi connectivity index (χ2v) is 16.5. The monoisotopic (exact) mass is 737 g/mol. The zero-order valence-corrected chi connectivity index (χ0v) is 32.4. The number of anilines is 2. The number of aromatic nitrogens is 3. The van der Waals surface area contributed by atoms with Gasteiger partial charge in [0.1, 0.15) is 22.7 Å². The van der Waals surface area contributed by atoms with Crippen LogP contribution in [0.1, 0.15) is 103 Å². The van der Waals surface area contributed by atoms with Crippen molar-refractivity contribution >= 4 is 57.9 Å². The van der Waals surface area contributed by atoms with Gasteiger partial charge in [-0.1, -0.05) is 20.8 Å². The summed E-state index contributed by atoms with van der Waals surface area (Å²) in [5, 5.41) is 7.92. The van der Waals surface area contributed by atoms with Crippen molar-refractivity contribution in [3.05, 3.63) is 57.0 Å². The lowest BCUT2D eigenvalue weighted by atomic mass is 9.93. The second kappa shape index (κ2) is 16.3. The van der Waals surface area contributed by atoms with Gasteiger partial charge in [0.15, 0.2) is 5.13 Å². The number of thiazole rings is 1. The van der Waals surface area contributed by atoms with E-state index in [9.17, 15) is 24.0 Å². The van der Waals surface area contributed by atoms with Crippen LogP contribution < -0.4 is 21.1 Å². The number of nitrogens with one attached hydrogen (secondary N) is 2. The fourth-order valence-corrected chi connectivity index (χ4v) is 6.16. The van der Waals surface area contributed by atoms with Gasteiger partial charge < -0.3 is 24.6 Å². The number of ether oxygens (including phenoxy) is 2. The van der Waals surface area contributed by atoms with E-state index in [0.29, 0.717) is 68.5 Å². The maximum Gasteiger partial charge on any atom is 0.407 e. The van der Waals surface area contributed by atoms with Gasteiger partial charge in [-0.2, -0.15) is 0 Å². The Balaban J connectivity index is 1.50. The highest BCUT2D eigenvalue weighted by Gasteiger charge is 2.26. The van der Waals surface area contributed by atoms with E-state index in [1.165, 1.54) is 46.2 Å². The van der Waals surface area contributed by atoms with E-state index in [1.54, 1.807) is 46.4 Å². The number of carbonyl (C=O) groups excluding carboxylic acids is 4. The Morgan fingerprint density at radius 1 is 0.923 bits per heavy atom. The van der Waals surface area contributed by atoms with Crippen LogP contribution in [0, 0.1) is 0 Å². The first-order chi connectivity index (χ1) is 24.2. The van der Waals surface area contributed by atoms with Gasteiger partial charge in [-0.05, 0) is 72.6 Å². The van der Waals surface area contributed by atoms with Gasteiger partial charge in [0.25, 0.3) is 11.5 Å². The van der Waals surface area contributed by atoms with Crippen molar-refractivity contribution in [3.63, 3.8) is 0 Å². The molecule has 0 spiro atoms. The molecule has 3 aromatic heterocycles. The van der Waals surface area contributed by atoms with Crippen molar-refractivity contribution in [3.8, 4) is 0 Å². The quantitative estimate of drug-likeness (QED) is 0.156. The lowest BCUT2D eigenvalue weighted by molar-refractivity contribution is -0.148. The Hall–Kier alpha value is -4.79. The molecule has 1 saturated heterocycles. The number of pyridine rings is 1. The van der Waals surface area contributed by atoms with Gasteiger partial charge in [-0.15, -0.1) is 11.3 Å². The summed E-state index contributed by atoms with van der Waals surface area (Å²) in [7, 11) is 0. The van der Waals surface area contributed by atoms with Crippen LogP contribution in [0.5, 0.6) is 0 Å². The van der Waals surface area contributed by atoms with Crippen molar-refractivity contribution in [2.24, 2.45) is 0 Å². The first-order valence-electron chi connectivity index (χ1n) is 17.4. The van der Waals surface area contributed by atoms with E-state index >= 15 is 0 Å². The van der Waals surface area contributed by atoms with Gasteiger partial charge in [-0.25, -0.2) is 19.6 Å². The van der Waals surface area contributed by atoms with E-state index in [-0.39, 0.29) is 22.5 Å². The molecule has 2 N–H and O–H groups in total. The van der Waals surface area contributed by atoms with E-state index in [4.69, 9.17) is 14.5 Å². The molecule has 15 heteroatoms. The number of rotatable bonds is 10. The number of esters is 1. The minimum Gasteiger partial charge on any atom is -0.457 e. The molecule has 1 fully saturated rings. The molecule has 0 aliphatic carbocycles. The third-order valence-electron chi connectivity index (χ3n) is 7.81. The Morgan fingerprint density at radius 2 is 1.60 bits per heavy atom. The van der Waals surface area contributed by atoms with Crippen LogP contribution in [0.4, 0.5) is 15.7 Å². The van der Waals surface area contributed by atoms with Crippen molar-refractivity contribution in [2.45, 2.75) is 98.2 Å². The van der Waals surface area contributed by atoms with Gasteiger partial charge in [0.2, 0.25) is 5.91 Å². The number of hydrogen-bond acceptors (Lipinski definition) is 11. The summed E-state index contributed by atoms with van der Waals surface area (Å²) in [5.74, 6) is -0.672. The highest BCUT2D eigenvalue weighted by atomic mass is 32.1. The van der Waals surface area contributed by atoms with E-state index in [1.807, 2.05) is 31.1 Å². The van der Waals surface area contributed by atoms with Crippen molar-refractivity contribution < 1.29 is 28.7 Å². The van der Waals surface area contributed by atoms with Crippen molar-refractivity contribution in [2.75, 3.05) is 42.9 Å². The fourth-order valence-electron chi connectivity index (χ4n) is 5.23. The predicted octanol–water partition coefficient (Wildman–Crippen LogP) is 5.40. The zero-order valence-electron chi connectivity index (χ0n) is 31.6. The molecular weight excluding hydrogens is 687 g/mol. The molecular formula is C37H51N7O7S. The normalized spacial score (nSPS) is 14.1. The molecule has 4 heterocycles. The SMILES string of the molecule is CC(C)(C)OC(=O)C=Cc1c(N2CCN(C(=O)CCCCNC(=O)OC(C)(C)C)CC2)nc2cc(C(=O)Nc3nc(C(C)(C)C)cs3)ccn2c1=O. The molecule has 0 bridgehead atoms. The largest absolute Gasteiger partial charge is 0.457 e. The van der Waals surface area contributed by atoms with Gasteiger partial charge in [-0.3, -0.25) is 24.1 Å². The summed E-state index contributed by atoms with van der Waals surface area (Å²) in [5.41, 5.74) is -0.315. The minimum absolute atomic E-state index is 0.000918. The van der Waals surface area contributed by atoms with E-state index < -0.39 is 34.7 Å². The average molecular weight is 738 g/mol. The van der Waals surface area contributed by atoms with Crippen LogP contribution in [0.25, 0.3) is 11.7 Å². The van der Waals surface area contributed by atoms with Gasteiger partial charge in [0.05, 0.1) is 11.3 Å². The molecule has 14 nitrogen and oxygen atoms in total. The van der Waals surface area contributed by atoms with Crippen LogP contribution in [-0.4, -0.2) is 87.1 Å². The van der Waals surface area contributed by atoms with E-state index in [0.717, 1.165) is 5.69 Å². The number of amides is 3. The van der Waals surface area contributed by atoms with Gasteiger partial charge >= 0.3 is 12.1 Å². The lowest BCUT2D eigenvalue weighted by Gasteiger charge is -2.36. The molecule has 282 valence electrons. The number of carbonyl (C=O) groups is 4. The minimum atomic E-state index is -0.720. The lowest BCUT2D eigenvalue weighted by Crippen LogP contribution is -2.49. The molecule has 52 heavy (non-hydrogen) atoms. The van der Waals surface area contributed by atoms with Gasteiger partial charge in [0, 0.05) is 67.8 Å². The number of alkyl carbamates (subject to hydrolysis) is 1. The molecule has 0 radical (unpaired) electrons. The molecule has 0 aromatic carbocycles. The number of fused-ring (bicyclic) bond motifs is 1. The van der Waals surface area contributed by atoms with Crippen LogP contribution in [-0.2, 0) is 24.5 Å². The average Bonchev–Trinajstić information content (AvgIpc) is 3.51. The first kappa shape index (κ1) is 40.0. The Morgan fingerprint density at radius 3 is 2.21 bits per heavy atom. The molecule has 0 saturated carbocycles. The summed E-state index contributed by atoms with van der Waals surface area (Å²) >= 11 is 1.34.